The Hall–Kier alpha value is -1.88. The molecule has 0 bridgehead atoms. The molecule has 0 atom stereocenters. The number of rotatable bonds is 3. The third-order valence-corrected chi connectivity index (χ3v) is 2.31. The van der Waals surface area contributed by atoms with Crippen LogP contribution in [0.15, 0.2) is 24.3 Å². The Morgan fingerprint density at radius 1 is 1.38 bits per heavy atom. The lowest BCUT2D eigenvalue weighted by molar-refractivity contribution is 0.411. The molecule has 2 aromatic rings. The second kappa shape index (κ2) is 4.32. The van der Waals surface area contributed by atoms with Gasteiger partial charge in [0, 0.05) is 0 Å². The van der Waals surface area contributed by atoms with Crippen LogP contribution in [0.2, 0.25) is 0 Å². The zero-order valence-electron chi connectivity index (χ0n) is 9.34. The fourth-order valence-electron chi connectivity index (χ4n) is 1.56. The van der Waals surface area contributed by atoms with Crippen LogP contribution in [-0.2, 0) is 6.54 Å². The van der Waals surface area contributed by atoms with Crippen molar-refractivity contribution in [2.24, 2.45) is 5.73 Å². The first kappa shape index (κ1) is 10.6. The van der Waals surface area contributed by atoms with Crippen molar-refractivity contribution < 1.29 is 4.74 Å². The Balaban J connectivity index is 2.53. The summed E-state index contributed by atoms with van der Waals surface area (Å²) in [5, 5.41) is 4.31. The molecule has 5 heteroatoms. The normalized spacial score (nSPS) is 10.4. The molecule has 84 valence electrons. The van der Waals surface area contributed by atoms with Crippen molar-refractivity contribution in [1.82, 2.24) is 14.8 Å². The molecule has 0 spiro atoms. The SMILES string of the molecule is COc1ccccc1-n1nc(CN)nc1C. The molecule has 16 heavy (non-hydrogen) atoms. The Bertz CT molecular complexity index is 492. The van der Waals surface area contributed by atoms with Crippen LogP contribution in [0.1, 0.15) is 11.6 Å². The average molecular weight is 218 g/mol. The minimum Gasteiger partial charge on any atom is -0.494 e. The minimum absolute atomic E-state index is 0.336. The number of benzene rings is 1. The van der Waals surface area contributed by atoms with Crippen molar-refractivity contribution in [3.63, 3.8) is 0 Å². The van der Waals surface area contributed by atoms with Crippen LogP contribution < -0.4 is 10.5 Å². The molecular formula is C11H14N4O. The number of para-hydroxylation sites is 2. The first-order chi connectivity index (χ1) is 7.76. The van der Waals surface area contributed by atoms with Crippen molar-refractivity contribution in [2.75, 3.05) is 7.11 Å². The highest BCUT2D eigenvalue weighted by molar-refractivity contribution is 5.46. The molecule has 0 fully saturated rings. The summed E-state index contributed by atoms with van der Waals surface area (Å²) in [5.41, 5.74) is 6.38. The van der Waals surface area contributed by atoms with E-state index in [0.29, 0.717) is 12.4 Å². The van der Waals surface area contributed by atoms with E-state index in [1.807, 2.05) is 31.2 Å². The standard InChI is InChI=1S/C11H14N4O/c1-8-13-11(7-12)14-15(8)9-5-3-4-6-10(9)16-2/h3-6H,7,12H2,1-2H3. The topological polar surface area (TPSA) is 66.0 Å². The van der Waals surface area contributed by atoms with Crippen LogP contribution in [0.3, 0.4) is 0 Å². The van der Waals surface area contributed by atoms with Gasteiger partial charge in [0.1, 0.15) is 17.3 Å². The zero-order chi connectivity index (χ0) is 11.5. The first-order valence-corrected chi connectivity index (χ1v) is 5.02. The number of hydrogen-bond acceptors (Lipinski definition) is 4. The van der Waals surface area contributed by atoms with Crippen LogP contribution in [0.5, 0.6) is 5.75 Å². The van der Waals surface area contributed by atoms with E-state index >= 15 is 0 Å². The van der Waals surface area contributed by atoms with Gasteiger partial charge in [-0.05, 0) is 19.1 Å². The number of aryl methyl sites for hydroxylation is 1. The molecule has 0 aliphatic rings. The lowest BCUT2D eigenvalue weighted by atomic mass is 10.3. The molecule has 0 amide bonds. The summed E-state index contributed by atoms with van der Waals surface area (Å²) in [6.45, 7) is 2.22. The van der Waals surface area contributed by atoms with Gasteiger partial charge in [-0.25, -0.2) is 9.67 Å². The summed E-state index contributed by atoms with van der Waals surface area (Å²) in [6, 6.07) is 7.67. The molecule has 0 unspecified atom stereocenters. The van der Waals surface area contributed by atoms with Gasteiger partial charge >= 0.3 is 0 Å². The van der Waals surface area contributed by atoms with Gasteiger partial charge < -0.3 is 10.5 Å². The van der Waals surface area contributed by atoms with Crippen LogP contribution in [0.25, 0.3) is 5.69 Å². The van der Waals surface area contributed by atoms with E-state index in [0.717, 1.165) is 17.3 Å². The Labute approximate surface area is 93.9 Å². The quantitative estimate of drug-likeness (QED) is 0.836. The van der Waals surface area contributed by atoms with Crippen molar-refractivity contribution in [3.05, 3.63) is 35.9 Å². The van der Waals surface area contributed by atoms with Gasteiger partial charge in [-0.2, -0.15) is 0 Å². The van der Waals surface area contributed by atoms with E-state index in [1.54, 1.807) is 11.8 Å². The second-order valence-corrected chi connectivity index (χ2v) is 3.36. The van der Waals surface area contributed by atoms with Crippen LogP contribution in [-0.4, -0.2) is 21.9 Å². The molecule has 0 radical (unpaired) electrons. The third kappa shape index (κ3) is 1.77. The maximum absolute atomic E-state index is 5.51. The zero-order valence-corrected chi connectivity index (χ0v) is 9.34. The number of hydrogen-bond donors (Lipinski definition) is 1. The van der Waals surface area contributed by atoms with Crippen molar-refractivity contribution >= 4 is 0 Å². The van der Waals surface area contributed by atoms with Gasteiger partial charge in [0.05, 0.1) is 13.7 Å². The highest BCUT2D eigenvalue weighted by Crippen LogP contribution is 2.22. The summed E-state index contributed by atoms with van der Waals surface area (Å²) in [7, 11) is 1.63. The number of ether oxygens (including phenoxy) is 1. The first-order valence-electron chi connectivity index (χ1n) is 5.02. The number of nitrogens with zero attached hydrogens (tertiary/aromatic N) is 3. The summed E-state index contributed by atoms with van der Waals surface area (Å²) < 4.78 is 7.01. The van der Waals surface area contributed by atoms with Gasteiger partial charge in [-0.1, -0.05) is 12.1 Å². The maximum Gasteiger partial charge on any atom is 0.164 e. The van der Waals surface area contributed by atoms with E-state index in [1.165, 1.54) is 0 Å². The molecule has 0 aliphatic heterocycles. The lowest BCUT2D eigenvalue weighted by Gasteiger charge is -2.08. The summed E-state index contributed by atoms with van der Waals surface area (Å²) in [4.78, 5) is 4.25. The van der Waals surface area contributed by atoms with E-state index in [4.69, 9.17) is 10.5 Å². The van der Waals surface area contributed by atoms with Gasteiger partial charge in [0.25, 0.3) is 0 Å². The van der Waals surface area contributed by atoms with E-state index in [2.05, 4.69) is 10.1 Å². The summed E-state index contributed by atoms with van der Waals surface area (Å²) in [6.07, 6.45) is 0. The third-order valence-electron chi connectivity index (χ3n) is 2.31. The van der Waals surface area contributed by atoms with Gasteiger partial charge in [0.2, 0.25) is 0 Å². The Morgan fingerprint density at radius 3 is 2.75 bits per heavy atom. The largest absolute Gasteiger partial charge is 0.494 e. The highest BCUT2D eigenvalue weighted by atomic mass is 16.5. The molecule has 5 nitrogen and oxygen atoms in total. The molecule has 1 aromatic carbocycles. The van der Waals surface area contributed by atoms with Crippen molar-refractivity contribution in [2.45, 2.75) is 13.5 Å². The fourth-order valence-corrected chi connectivity index (χ4v) is 1.56. The minimum atomic E-state index is 0.336. The van der Waals surface area contributed by atoms with Gasteiger partial charge in [-0.15, -0.1) is 5.10 Å². The predicted molar refractivity (Wildman–Crippen MR) is 60.5 cm³/mol. The number of methoxy groups -OCH3 is 1. The van der Waals surface area contributed by atoms with Crippen molar-refractivity contribution in [3.8, 4) is 11.4 Å². The highest BCUT2D eigenvalue weighted by Gasteiger charge is 2.10. The van der Waals surface area contributed by atoms with E-state index < -0.39 is 0 Å². The molecule has 0 aliphatic carbocycles. The van der Waals surface area contributed by atoms with Gasteiger partial charge in [-0.3, -0.25) is 0 Å². The predicted octanol–water partition coefficient (Wildman–Crippen LogP) is 1.04. The molecule has 0 saturated carbocycles. The maximum atomic E-state index is 5.51. The smallest absolute Gasteiger partial charge is 0.164 e. The van der Waals surface area contributed by atoms with Gasteiger partial charge in [0.15, 0.2) is 5.82 Å². The van der Waals surface area contributed by atoms with Crippen LogP contribution >= 0.6 is 0 Å². The van der Waals surface area contributed by atoms with Crippen LogP contribution in [0.4, 0.5) is 0 Å². The average Bonchev–Trinajstić information content (AvgIpc) is 2.70. The Kier molecular flexibility index (Phi) is 2.87. The molecule has 1 heterocycles. The summed E-state index contributed by atoms with van der Waals surface area (Å²) in [5.74, 6) is 2.19. The molecule has 2 N–H and O–H groups in total. The molecular weight excluding hydrogens is 204 g/mol. The van der Waals surface area contributed by atoms with Crippen LogP contribution in [0, 0.1) is 6.92 Å². The fraction of sp³-hybridized carbons (Fsp3) is 0.273. The lowest BCUT2D eigenvalue weighted by Crippen LogP contribution is -2.03. The van der Waals surface area contributed by atoms with E-state index in [-0.39, 0.29) is 0 Å². The van der Waals surface area contributed by atoms with Crippen molar-refractivity contribution in [1.29, 1.82) is 0 Å². The van der Waals surface area contributed by atoms with E-state index in [9.17, 15) is 0 Å². The second-order valence-electron chi connectivity index (χ2n) is 3.36. The molecule has 0 saturated heterocycles. The monoisotopic (exact) mass is 218 g/mol. The summed E-state index contributed by atoms with van der Waals surface area (Å²) >= 11 is 0. The molecule has 2 rings (SSSR count). The Morgan fingerprint density at radius 2 is 2.12 bits per heavy atom. The number of nitrogens with two attached hydrogens (primary N) is 1. The molecule has 1 aromatic heterocycles. The number of aromatic nitrogens is 3.